The highest BCUT2D eigenvalue weighted by atomic mass is 32.1. The Kier molecular flexibility index (Phi) is 2.67. The third kappa shape index (κ3) is 1.99. The molecular formula is C15H16N4OS2. The zero-order valence-electron chi connectivity index (χ0n) is 12.3. The molecule has 0 unspecified atom stereocenters. The molecule has 0 atom stereocenters. The minimum absolute atomic E-state index is 0.150. The maximum absolute atomic E-state index is 5.46. The summed E-state index contributed by atoms with van der Waals surface area (Å²) in [6.45, 7) is 4.47. The van der Waals surface area contributed by atoms with E-state index in [9.17, 15) is 0 Å². The fraction of sp³-hybridized carbons (Fsp3) is 0.533. The van der Waals surface area contributed by atoms with Crippen molar-refractivity contribution < 1.29 is 4.52 Å². The average Bonchev–Trinajstić information content (AvgIpc) is 3.05. The highest BCUT2D eigenvalue weighted by Crippen LogP contribution is 2.47. The number of hydrogen-bond acceptors (Lipinski definition) is 7. The topological polar surface area (TPSA) is 55.1 Å². The van der Waals surface area contributed by atoms with Crippen molar-refractivity contribution in [1.82, 2.24) is 15.1 Å². The second-order valence-corrected chi connectivity index (χ2v) is 8.49. The van der Waals surface area contributed by atoms with Crippen LogP contribution in [0.3, 0.4) is 0 Å². The molecule has 2 aliphatic rings. The number of thiazole rings is 1. The molecule has 4 heterocycles. The number of nitrogens with zero attached hydrogens (tertiary/aromatic N) is 4. The lowest BCUT2D eigenvalue weighted by Gasteiger charge is -2.11. The van der Waals surface area contributed by atoms with Crippen LogP contribution in [0.25, 0.3) is 20.3 Å². The third-order valence-corrected chi connectivity index (χ3v) is 6.84. The Bertz CT molecular complexity index is 807. The Morgan fingerprint density at radius 3 is 2.73 bits per heavy atom. The largest absolute Gasteiger partial charge is 0.348 e. The fourth-order valence-corrected chi connectivity index (χ4v) is 5.04. The molecule has 0 amide bonds. The van der Waals surface area contributed by atoms with E-state index in [1.54, 1.807) is 22.7 Å². The number of anilines is 1. The number of fused-ring (bicyclic) bond motifs is 1. The molecule has 3 aromatic heterocycles. The van der Waals surface area contributed by atoms with Gasteiger partial charge in [0, 0.05) is 18.5 Å². The van der Waals surface area contributed by atoms with Gasteiger partial charge in [-0.3, -0.25) is 0 Å². The van der Waals surface area contributed by atoms with Crippen molar-refractivity contribution in [2.24, 2.45) is 0 Å². The van der Waals surface area contributed by atoms with Crippen LogP contribution in [0.15, 0.2) is 10.6 Å². The van der Waals surface area contributed by atoms with E-state index in [0.717, 1.165) is 46.6 Å². The van der Waals surface area contributed by atoms with Crippen molar-refractivity contribution in [3.63, 3.8) is 0 Å². The predicted molar refractivity (Wildman–Crippen MR) is 88.8 cm³/mol. The fourth-order valence-electron chi connectivity index (χ4n) is 2.85. The second kappa shape index (κ2) is 4.52. The molecule has 0 bridgehead atoms. The van der Waals surface area contributed by atoms with Gasteiger partial charge in [0.15, 0.2) is 11.0 Å². The van der Waals surface area contributed by atoms with E-state index in [0.29, 0.717) is 5.89 Å². The van der Waals surface area contributed by atoms with Crippen molar-refractivity contribution in [3.05, 3.63) is 11.9 Å². The first-order chi connectivity index (χ1) is 10.7. The van der Waals surface area contributed by atoms with Crippen molar-refractivity contribution in [2.45, 2.75) is 38.0 Å². The van der Waals surface area contributed by atoms with Gasteiger partial charge in [-0.15, -0.1) is 11.3 Å². The molecule has 5 nitrogen and oxygen atoms in total. The highest BCUT2D eigenvalue weighted by Gasteiger charge is 2.43. The zero-order chi connectivity index (χ0) is 14.7. The van der Waals surface area contributed by atoms with Crippen LogP contribution in [0, 0.1) is 0 Å². The molecule has 22 heavy (non-hydrogen) atoms. The molecule has 1 aliphatic heterocycles. The molecule has 2 fully saturated rings. The molecule has 1 saturated heterocycles. The summed E-state index contributed by atoms with van der Waals surface area (Å²) in [5, 5.41) is 5.31. The Morgan fingerprint density at radius 2 is 2.00 bits per heavy atom. The SMILES string of the molecule is CC1(c2noc(-c3cc4sc(N5CCCC5)nc4s3)n2)CC1. The van der Waals surface area contributed by atoms with Gasteiger partial charge in [0.2, 0.25) is 0 Å². The average molecular weight is 332 g/mol. The lowest BCUT2D eigenvalue weighted by molar-refractivity contribution is 0.416. The van der Waals surface area contributed by atoms with E-state index in [2.05, 4.69) is 28.0 Å². The van der Waals surface area contributed by atoms with Crippen LogP contribution in [0.2, 0.25) is 0 Å². The van der Waals surface area contributed by atoms with Crippen LogP contribution in [0.1, 0.15) is 38.4 Å². The molecule has 0 aromatic carbocycles. The van der Waals surface area contributed by atoms with Gasteiger partial charge in [0.25, 0.3) is 5.89 Å². The summed E-state index contributed by atoms with van der Waals surface area (Å²) in [6, 6.07) is 2.14. The molecule has 0 spiro atoms. The summed E-state index contributed by atoms with van der Waals surface area (Å²) in [6.07, 6.45) is 4.88. The van der Waals surface area contributed by atoms with E-state index in [-0.39, 0.29) is 5.41 Å². The smallest absolute Gasteiger partial charge is 0.268 e. The second-order valence-electron chi connectivity index (χ2n) is 6.45. The molecule has 3 aromatic rings. The van der Waals surface area contributed by atoms with E-state index in [4.69, 9.17) is 9.51 Å². The van der Waals surface area contributed by atoms with Gasteiger partial charge in [-0.05, 0) is 31.7 Å². The Balaban J connectivity index is 1.47. The van der Waals surface area contributed by atoms with E-state index < -0.39 is 0 Å². The van der Waals surface area contributed by atoms with E-state index in [1.165, 1.54) is 17.5 Å². The molecule has 0 N–H and O–H groups in total. The van der Waals surface area contributed by atoms with Crippen molar-refractivity contribution in [2.75, 3.05) is 18.0 Å². The Labute approximate surface area is 136 Å². The molecule has 5 rings (SSSR count). The standard InChI is InChI=1S/C15H16N4OS2/c1-15(4-5-15)13-16-11(20-18-13)9-8-10-12(21-9)17-14(22-10)19-6-2-3-7-19/h8H,2-7H2,1H3. The van der Waals surface area contributed by atoms with Gasteiger partial charge in [0.05, 0.1) is 9.58 Å². The lowest BCUT2D eigenvalue weighted by Crippen LogP contribution is -2.16. The van der Waals surface area contributed by atoms with Crippen LogP contribution in [-0.2, 0) is 5.41 Å². The number of hydrogen-bond donors (Lipinski definition) is 0. The van der Waals surface area contributed by atoms with Gasteiger partial charge in [-0.25, -0.2) is 4.98 Å². The summed E-state index contributed by atoms with van der Waals surface area (Å²) >= 11 is 3.42. The van der Waals surface area contributed by atoms with Crippen molar-refractivity contribution >= 4 is 37.3 Å². The van der Waals surface area contributed by atoms with Crippen LogP contribution in [-0.4, -0.2) is 28.2 Å². The third-order valence-electron chi connectivity index (χ3n) is 4.63. The van der Waals surface area contributed by atoms with Gasteiger partial charge in [0.1, 0.15) is 4.83 Å². The summed E-state index contributed by atoms with van der Waals surface area (Å²) in [7, 11) is 0. The van der Waals surface area contributed by atoms with Gasteiger partial charge in [-0.2, -0.15) is 4.98 Å². The summed E-state index contributed by atoms with van der Waals surface area (Å²) in [5.41, 5.74) is 0.150. The molecular weight excluding hydrogens is 316 g/mol. The first kappa shape index (κ1) is 13.0. The lowest BCUT2D eigenvalue weighted by atomic mass is 10.1. The molecule has 0 radical (unpaired) electrons. The first-order valence-corrected chi connectivity index (χ1v) is 9.34. The van der Waals surface area contributed by atoms with Gasteiger partial charge >= 0.3 is 0 Å². The molecule has 7 heteroatoms. The maximum Gasteiger partial charge on any atom is 0.268 e. The number of rotatable bonds is 3. The minimum Gasteiger partial charge on any atom is -0.348 e. The monoisotopic (exact) mass is 332 g/mol. The Morgan fingerprint density at radius 1 is 1.18 bits per heavy atom. The predicted octanol–water partition coefficient (Wildman–Crippen LogP) is 4.06. The summed E-state index contributed by atoms with van der Waals surface area (Å²) in [4.78, 5) is 13.9. The quantitative estimate of drug-likeness (QED) is 0.724. The van der Waals surface area contributed by atoms with Crippen molar-refractivity contribution in [3.8, 4) is 10.8 Å². The maximum atomic E-state index is 5.46. The van der Waals surface area contributed by atoms with Crippen LogP contribution < -0.4 is 4.90 Å². The number of aromatic nitrogens is 3. The van der Waals surface area contributed by atoms with Gasteiger partial charge in [-0.1, -0.05) is 23.4 Å². The minimum atomic E-state index is 0.150. The number of thiophene rings is 1. The molecule has 114 valence electrons. The summed E-state index contributed by atoms with van der Waals surface area (Å²) < 4.78 is 6.68. The van der Waals surface area contributed by atoms with Crippen LogP contribution in [0.5, 0.6) is 0 Å². The Hall–Kier alpha value is -1.47. The van der Waals surface area contributed by atoms with Crippen LogP contribution in [0.4, 0.5) is 5.13 Å². The normalized spacial score (nSPS) is 20.1. The highest BCUT2D eigenvalue weighted by molar-refractivity contribution is 7.30. The van der Waals surface area contributed by atoms with Gasteiger partial charge < -0.3 is 9.42 Å². The van der Waals surface area contributed by atoms with E-state index in [1.807, 2.05) is 0 Å². The summed E-state index contributed by atoms with van der Waals surface area (Å²) in [5.74, 6) is 1.49. The van der Waals surface area contributed by atoms with E-state index >= 15 is 0 Å². The molecule has 1 aliphatic carbocycles. The zero-order valence-corrected chi connectivity index (χ0v) is 14.0. The first-order valence-electron chi connectivity index (χ1n) is 7.71. The van der Waals surface area contributed by atoms with Crippen molar-refractivity contribution in [1.29, 1.82) is 0 Å². The van der Waals surface area contributed by atoms with Crippen LogP contribution >= 0.6 is 22.7 Å². The molecule has 1 saturated carbocycles.